The average molecular weight is 437 g/mol. The van der Waals surface area contributed by atoms with E-state index < -0.39 is 0 Å². The van der Waals surface area contributed by atoms with Gasteiger partial charge in [0.05, 0.1) is 12.7 Å². The number of carbonyl (C=O) groups is 1. The molecule has 0 amide bonds. The van der Waals surface area contributed by atoms with Crippen molar-refractivity contribution in [3.05, 3.63) is 93.7 Å². The van der Waals surface area contributed by atoms with Gasteiger partial charge in [0.1, 0.15) is 23.9 Å². The van der Waals surface area contributed by atoms with Gasteiger partial charge in [-0.25, -0.2) is 0 Å². The van der Waals surface area contributed by atoms with Crippen molar-refractivity contribution in [2.24, 2.45) is 0 Å². The molecule has 0 atom stereocenters. The molecule has 4 nitrogen and oxygen atoms in total. The van der Waals surface area contributed by atoms with E-state index in [4.69, 9.17) is 14.2 Å². The summed E-state index contributed by atoms with van der Waals surface area (Å²) in [5.74, 6) is 2.08. The third-order valence-electron chi connectivity index (χ3n) is 4.40. The van der Waals surface area contributed by atoms with Crippen molar-refractivity contribution in [1.29, 1.82) is 0 Å². The van der Waals surface area contributed by atoms with Crippen LogP contribution in [0.15, 0.2) is 77.0 Å². The summed E-state index contributed by atoms with van der Waals surface area (Å²) in [5, 5.41) is 0. The first-order chi connectivity index (χ1) is 13.6. The Hall–Kier alpha value is -3.05. The second-order valence-electron chi connectivity index (χ2n) is 6.25. The van der Waals surface area contributed by atoms with E-state index in [1.165, 1.54) is 0 Å². The Morgan fingerprint density at radius 2 is 1.82 bits per heavy atom. The van der Waals surface area contributed by atoms with Crippen LogP contribution in [0, 0.1) is 0 Å². The second kappa shape index (κ2) is 7.90. The lowest BCUT2D eigenvalue weighted by molar-refractivity contribution is 0.101. The van der Waals surface area contributed by atoms with E-state index in [2.05, 4.69) is 15.9 Å². The van der Waals surface area contributed by atoms with Crippen molar-refractivity contribution < 1.29 is 19.0 Å². The first-order valence-corrected chi connectivity index (χ1v) is 9.52. The monoisotopic (exact) mass is 436 g/mol. The van der Waals surface area contributed by atoms with Crippen molar-refractivity contribution in [3.8, 4) is 17.2 Å². The highest BCUT2D eigenvalue weighted by molar-refractivity contribution is 9.10. The normalized spacial score (nSPS) is 13.9. The smallest absolute Gasteiger partial charge is 0.231 e. The van der Waals surface area contributed by atoms with Gasteiger partial charge >= 0.3 is 0 Å². The molecule has 0 bridgehead atoms. The summed E-state index contributed by atoms with van der Waals surface area (Å²) in [6.45, 7) is 0.359. The van der Waals surface area contributed by atoms with Gasteiger partial charge in [0.25, 0.3) is 0 Å². The van der Waals surface area contributed by atoms with E-state index in [1.807, 2.05) is 48.5 Å². The maximum absolute atomic E-state index is 12.6. The summed E-state index contributed by atoms with van der Waals surface area (Å²) >= 11 is 3.40. The Balaban J connectivity index is 1.51. The van der Waals surface area contributed by atoms with Crippen LogP contribution in [0.2, 0.25) is 0 Å². The van der Waals surface area contributed by atoms with Crippen LogP contribution in [-0.2, 0) is 6.61 Å². The molecule has 0 unspecified atom stereocenters. The standard InChI is InChI=1S/C23H17BrO4/c1-26-20-5-3-2-4-16(20)14-27-18-10-11-19-21(13-18)28-22(23(19)25)12-15-6-8-17(24)9-7-15/h2-13H,14H2,1H3/b22-12-. The molecule has 3 aromatic rings. The number of methoxy groups -OCH3 is 1. The van der Waals surface area contributed by atoms with Crippen LogP contribution < -0.4 is 14.2 Å². The maximum atomic E-state index is 12.6. The molecule has 0 saturated heterocycles. The number of para-hydroxylation sites is 1. The number of benzene rings is 3. The molecule has 0 aliphatic carbocycles. The largest absolute Gasteiger partial charge is 0.496 e. The Labute approximate surface area is 171 Å². The SMILES string of the molecule is COc1ccccc1COc1ccc2c(c1)O/C(=C\c1ccc(Br)cc1)C2=O. The highest BCUT2D eigenvalue weighted by atomic mass is 79.9. The zero-order valence-electron chi connectivity index (χ0n) is 15.1. The number of hydrogen-bond donors (Lipinski definition) is 0. The number of fused-ring (bicyclic) bond motifs is 1. The van der Waals surface area contributed by atoms with E-state index in [0.717, 1.165) is 21.3 Å². The molecular formula is C23H17BrO4. The summed E-state index contributed by atoms with van der Waals surface area (Å²) in [5.41, 5.74) is 2.37. The minimum atomic E-state index is -0.130. The predicted octanol–water partition coefficient (Wildman–Crippen LogP) is 5.65. The van der Waals surface area contributed by atoms with Gasteiger partial charge in [-0.15, -0.1) is 0 Å². The molecule has 1 heterocycles. The van der Waals surface area contributed by atoms with Crippen LogP contribution in [0.1, 0.15) is 21.5 Å². The molecule has 0 radical (unpaired) electrons. The highest BCUT2D eigenvalue weighted by Crippen LogP contribution is 2.35. The maximum Gasteiger partial charge on any atom is 0.231 e. The van der Waals surface area contributed by atoms with Crippen LogP contribution in [0.4, 0.5) is 0 Å². The van der Waals surface area contributed by atoms with E-state index in [1.54, 1.807) is 31.4 Å². The molecule has 0 aromatic heterocycles. The molecule has 5 heteroatoms. The number of Topliss-reactive ketones (excluding diaryl/α,β-unsaturated/α-hetero) is 1. The number of allylic oxidation sites excluding steroid dienone is 1. The summed E-state index contributed by atoms with van der Waals surface area (Å²) in [6, 6.07) is 20.6. The Bertz CT molecular complexity index is 1050. The molecule has 1 aliphatic rings. The van der Waals surface area contributed by atoms with Gasteiger partial charge in [-0.05, 0) is 42.0 Å². The first kappa shape index (κ1) is 18.3. The van der Waals surface area contributed by atoms with E-state index in [9.17, 15) is 4.79 Å². The molecular weight excluding hydrogens is 420 g/mol. The summed E-state index contributed by atoms with van der Waals surface area (Å²) in [7, 11) is 1.63. The molecule has 4 rings (SSSR count). The Morgan fingerprint density at radius 1 is 1.04 bits per heavy atom. The summed E-state index contributed by atoms with van der Waals surface area (Å²) in [4.78, 5) is 12.6. The third kappa shape index (κ3) is 3.80. The minimum absolute atomic E-state index is 0.130. The van der Waals surface area contributed by atoms with E-state index in [-0.39, 0.29) is 5.78 Å². The van der Waals surface area contributed by atoms with Gasteiger partial charge in [-0.3, -0.25) is 4.79 Å². The highest BCUT2D eigenvalue weighted by Gasteiger charge is 2.27. The van der Waals surface area contributed by atoms with Gasteiger partial charge in [-0.2, -0.15) is 0 Å². The van der Waals surface area contributed by atoms with E-state index >= 15 is 0 Å². The van der Waals surface area contributed by atoms with Gasteiger partial charge in [-0.1, -0.05) is 46.3 Å². The number of halogens is 1. The molecule has 0 fully saturated rings. The van der Waals surface area contributed by atoms with Crippen molar-refractivity contribution in [1.82, 2.24) is 0 Å². The fraction of sp³-hybridized carbons (Fsp3) is 0.0870. The van der Waals surface area contributed by atoms with Crippen molar-refractivity contribution in [3.63, 3.8) is 0 Å². The lowest BCUT2D eigenvalue weighted by Gasteiger charge is -2.10. The van der Waals surface area contributed by atoms with Gasteiger partial charge < -0.3 is 14.2 Å². The van der Waals surface area contributed by atoms with Crippen molar-refractivity contribution in [2.45, 2.75) is 6.61 Å². The second-order valence-corrected chi connectivity index (χ2v) is 7.17. The number of ketones is 1. The van der Waals surface area contributed by atoms with Crippen LogP contribution in [0.5, 0.6) is 17.2 Å². The Kier molecular flexibility index (Phi) is 5.17. The molecule has 28 heavy (non-hydrogen) atoms. The van der Waals surface area contributed by atoms with Crippen LogP contribution >= 0.6 is 15.9 Å². The molecule has 1 aliphatic heterocycles. The molecule has 140 valence electrons. The average Bonchev–Trinajstić information content (AvgIpc) is 3.03. The number of hydrogen-bond acceptors (Lipinski definition) is 4. The summed E-state index contributed by atoms with van der Waals surface area (Å²) < 4.78 is 18.0. The molecule has 0 N–H and O–H groups in total. The van der Waals surface area contributed by atoms with Crippen LogP contribution in [-0.4, -0.2) is 12.9 Å². The van der Waals surface area contributed by atoms with Gasteiger partial charge in [0, 0.05) is 16.1 Å². The zero-order chi connectivity index (χ0) is 19.5. The lowest BCUT2D eigenvalue weighted by atomic mass is 10.1. The molecule has 0 spiro atoms. The zero-order valence-corrected chi connectivity index (χ0v) is 16.7. The molecule has 0 saturated carbocycles. The number of ether oxygens (including phenoxy) is 3. The van der Waals surface area contributed by atoms with Gasteiger partial charge in [0.2, 0.25) is 5.78 Å². The lowest BCUT2D eigenvalue weighted by Crippen LogP contribution is -1.99. The van der Waals surface area contributed by atoms with Crippen molar-refractivity contribution in [2.75, 3.05) is 7.11 Å². The van der Waals surface area contributed by atoms with Crippen LogP contribution in [0.3, 0.4) is 0 Å². The predicted molar refractivity (Wildman–Crippen MR) is 111 cm³/mol. The van der Waals surface area contributed by atoms with E-state index in [0.29, 0.717) is 29.4 Å². The quantitative estimate of drug-likeness (QED) is 0.484. The fourth-order valence-corrected chi connectivity index (χ4v) is 3.22. The fourth-order valence-electron chi connectivity index (χ4n) is 2.95. The third-order valence-corrected chi connectivity index (χ3v) is 4.92. The minimum Gasteiger partial charge on any atom is -0.496 e. The topological polar surface area (TPSA) is 44.8 Å². The first-order valence-electron chi connectivity index (χ1n) is 8.72. The van der Waals surface area contributed by atoms with Gasteiger partial charge in [0.15, 0.2) is 5.76 Å². The number of rotatable bonds is 5. The van der Waals surface area contributed by atoms with Crippen LogP contribution in [0.25, 0.3) is 6.08 Å². The summed E-state index contributed by atoms with van der Waals surface area (Å²) in [6.07, 6.45) is 1.74. The van der Waals surface area contributed by atoms with Crippen molar-refractivity contribution >= 4 is 27.8 Å². The molecule has 3 aromatic carbocycles. The Morgan fingerprint density at radius 3 is 2.61 bits per heavy atom. The number of carbonyl (C=O) groups excluding carboxylic acids is 1.